The van der Waals surface area contributed by atoms with Crippen LogP contribution in [0.4, 0.5) is 0 Å². The molecular weight excluding hydrogens is 210 g/mol. The molecular formula is C15H21NO. The van der Waals surface area contributed by atoms with Crippen molar-refractivity contribution in [3.63, 3.8) is 0 Å². The zero-order valence-electron chi connectivity index (χ0n) is 10.8. The molecule has 1 saturated heterocycles. The first-order chi connectivity index (χ1) is 8.16. The number of fused-ring (bicyclic) bond motifs is 1. The van der Waals surface area contributed by atoms with Crippen LogP contribution in [0, 0.1) is 5.41 Å². The van der Waals surface area contributed by atoms with Gasteiger partial charge in [0.2, 0.25) is 0 Å². The maximum atomic E-state index is 6.02. The van der Waals surface area contributed by atoms with E-state index in [4.69, 9.17) is 4.74 Å². The minimum Gasteiger partial charge on any atom is -0.493 e. The maximum absolute atomic E-state index is 6.02. The van der Waals surface area contributed by atoms with Gasteiger partial charge in [-0.1, -0.05) is 32.0 Å². The zero-order valence-corrected chi connectivity index (χ0v) is 10.8. The molecule has 92 valence electrons. The molecule has 3 rings (SSSR count). The van der Waals surface area contributed by atoms with Crippen LogP contribution in [-0.4, -0.2) is 19.7 Å². The molecule has 2 aliphatic heterocycles. The largest absolute Gasteiger partial charge is 0.493 e. The number of piperidine rings is 1. The Hall–Kier alpha value is -1.02. The summed E-state index contributed by atoms with van der Waals surface area (Å²) in [7, 11) is 0. The molecule has 0 aromatic heterocycles. The third-order valence-corrected chi connectivity index (χ3v) is 4.95. The number of hydrogen-bond donors (Lipinski definition) is 1. The quantitative estimate of drug-likeness (QED) is 0.741. The summed E-state index contributed by atoms with van der Waals surface area (Å²) >= 11 is 0. The van der Waals surface area contributed by atoms with E-state index in [-0.39, 0.29) is 5.41 Å². The lowest BCUT2D eigenvalue weighted by Gasteiger charge is -2.52. The van der Waals surface area contributed by atoms with Gasteiger partial charge >= 0.3 is 0 Å². The molecule has 1 fully saturated rings. The van der Waals surface area contributed by atoms with Gasteiger partial charge in [0.15, 0.2) is 0 Å². The maximum Gasteiger partial charge on any atom is 0.123 e. The van der Waals surface area contributed by atoms with E-state index in [9.17, 15) is 0 Å². The standard InChI is InChI=1S/C15H21NO/c1-14(2)12-5-3-4-6-13(12)17-11-15(14)7-9-16-10-8-15/h3-6,16H,7-11H2,1-2H3. The van der Waals surface area contributed by atoms with Gasteiger partial charge < -0.3 is 10.1 Å². The smallest absolute Gasteiger partial charge is 0.123 e. The van der Waals surface area contributed by atoms with Gasteiger partial charge in [-0.2, -0.15) is 0 Å². The van der Waals surface area contributed by atoms with Gasteiger partial charge in [0.05, 0.1) is 6.61 Å². The first-order valence-corrected chi connectivity index (χ1v) is 6.59. The highest BCUT2D eigenvalue weighted by atomic mass is 16.5. The van der Waals surface area contributed by atoms with Crippen LogP contribution in [-0.2, 0) is 5.41 Å². The lowest BCUT2D eigenvalue weighted by molar-refractivity contribution is 0.0110. The van der Waals surface area contributed by atoms with Gasteiger partial charge in [0.1, 0.15) is 5.75 Å². The molecule has 2 heterocycles. The van der Waals surface area contributed by atoms with Crippen molar-refractivity contribution >= 4 is 0 Å². The van der Waals surface area contributed by atoms with Gasteiger partial charge in [0.25, 0.3) is 0 Å². The van der Waals surface area contributed by atoms with Crippen LogP contribution >= 0.6 is 0 Å². The SMILES string of the molecule is CC1(C)c2ccccc2OCC12CCNCC2. The Morgan fingerprint density at radius 3 is 2.59 bits per heavy atom. The lowest BCUT2D eigenvalue weighted by atomic mass is 9.57. The average molecular weight is 231 g/mol. The third-order valence-electron chi connectivity index (χ3n) is 4.95. The van der Waals surface area contributed by atoms with E-state index < -0.39 is 0 Å². The highest BCUT2D eigenvalue weighted by molar-refractivity contribution is 5.42. The van der Waals surface area contributed by atoms with Crippen molar-refractivity contribution in [1.82, 2.24) is 5.32 Å². The molecule has 1 N–H and O–H groups in total. The second kappa shape index (κ2) is 3.74. The number of benzene rings is 1. The molecule has 0 atom stereocenters. The average Bonchev–Trinajstić information content (AvgIpc) is 2.36. The second-order valence-electron chi connectivity index (χ2n) is 5.94. The molecule has 2 nitrogen and oxygen atoms in total. The highest BCUT2D eigenvalue weighted by Crippen LogP contribution is 2.53. The van der Waals surface area contributed by atoms with E-state index in [1.54, 1.807) is 0 Å². The normalized spacial score (nSPS) is 25.1. The van der Waals surface area contributed by atoms with E-state index in [0.717, 1.165) is 25.4 Å². The van der Waals surface area contributed by atoms with E-state index >= 15 is 0 Å². The van der Waals surface area contributed by atoms with Crippen molar-refractivity contribution in [2.24, 2.45) is 5.41 Å². The Morgan fingerprint density at radius 2 is 1.82 bits per heavy atom. The summed E-state index contributed by atoms with van der Waals surface area (Å²) in [6.45, 7) is 7.89. The number of nitrogens with one attached hydrogen (secondary N) is 1. The third kappa shape index (κ3) is 1.50. The fraction of sp³-hybridized carbons (Fsp3) is 0.600. The Morgan fingerprint density at radius 1 is 1.12 bits per heavy atom. The Labute approximate surface area is 103 Å². The molecule has 0 aliphatic carbocycles. The topological polar surface area (TPSA) is 21.3 Å². The molecule has 2 aliphatic rings. The Bertz CT molecular complexity index is 419. The number of rotatable bonds is 0. The lowest BCUT2D eigenvalue weighted by Crippen LogP contribution is -2.54. The fourth-order valence-electron chi connectivity index (χ4n) is 3.47. The van der Waals surface area contributed by atoms with Crippen LogP contribution in [0.5, 0.6) is 5.75 Å². The molecule has 0 amide bonds. The van der Waals surface area contributed by atoms with Crippen LogP contribution in [0.15, 0.2) is 24.3 Å². The fourth-order valence-corrected chi connectivity index (χ4v) is 3.47. The summed E-state index contributed by atoms with van der Waals surface area (Å²) in [5, 5.41) is 3.46. The summed E-state index contributed by atoms with van der Waals surface area (Å²) in [6, 6.07) is 8.53. The van der Waals surface area contributed by atoms with Crippen molar-refractivity contribution in [3.05, 3.63) is 29.8 Å². The predicted molar refractivity (Wildman–Crippen MR) is 69.5 cm³/mol. The Kier molecular flexibility index (Phi) is 2.44. The first-order valence-electron chi connectivity index (χ1n) is 6.59. The number of para-hydroxylation sites is 1. The van der Waals surface area contributed by atoms with Crippen molar-refractivity contribution in [2.75, 3.05) is 19.7 Å². The van der Waals surface area contributed by atoms with Crippen LogP contribution < -0.4 is 10.1 Å². The van der Waals surface area contributed by atoms with Gasteiger partial charge in [-0.05, 0) is 32.0 Å². The molecule has 0 saturated carbocycles. The van der Waals surface area contributed by atoms with Crippen LogP contribution in [0.1, 0.15) is 32.3 Å². The second-order valence-corrected chi connectivity index (χ2v) is 5.94. The predicted octanol–water partition coefficient (Wildman–Crippen LogP) is 2.73. The molecule has 2 heteroatoms. The Balaban J connectivity index is 2.06. The van der Waals surface area contributed by atoms with Gasteiger partial charge in [-0.3, -0.25) is 0 Å². The summed E-state index contributed by atoms with van der Waals surface area (Å²) in [4.78, 5) is 0. The minimum absolute atomic E-state index is 0.212. The summed E-state index contributed by atoms with van der Waals surface area (Å²) in [6.07, 6.45) is 2.43. The van der Waals surface area contributed by atoms with Crippen molar-refractivity contribution < 1.29 is 4.74 Å². The molecule has 1 aromatic rings. The monoisotopic (exact) mass is 231 g/mol. The summed E-state index contributed by atoms with van der Waals surface area (Å²) < 4.78 is 6.02. The van der Waals surface area contributed by atoms with Crippen LogP contribution in [0.25, 0.3) is 0 Å². The van der Waals surface area contributed by atoms with Crippen molar-refractivity contribution in [2.45, 2.75) is 32.1 Å². The van der Waals surface area contributed by atoms with Crippen LogP contribution in [0.2, 0.25) is 0 Å². The molecule has 0 radical (unpaired) electrons. The molecule has 0 unspecified atom stereocenters. The van der Waals surface area contributed by atoms with E-state index in [1.165, 1.54) is 18.4 Å². The van der Waals surface area contributed by atoms with Gasteiger partial charge in [-0.25, -0.2) is 0 Å². The van der Waals surface area contributed by atoms with E-state index in [2.05, 4.69) is 43.4 Å². The highest BCUT2D eigenvalue weighted by Gasteiger charge is 2.50. The summed E-state index contributed by atoms with van der Waals surface area (Å²) in [5.74, 6) is 1.08. The number of ether oxygens (including phenoxy) is 1. The first kappa shape index (κ1) is 11.1. The zero-order chi connectivity index (χ0) is 11.9. The van der Waals surface area contributed by atoms with E-state index in [1.807, 2.05) is 0 Å². The molecule has 1 spiro atoms. The van der Waals surface area contributed by atoms with Gasteiger partial charge in [-0.15, -0.1) is 0 Å². The van der Waals surface area contributed by atoms with Gasteiger partial charge in [0, 0.05) is 16.4 Å². The van der Waals surface area contributed by atoms with E-state index in [0.29, 0.717) is 5.41 Å². The van der Waals surface area contributed by atoms with Crippen molar-refractivity contribution in [3.8, 4) is 5.75 Å². The van der Waals surface area contributed by atoms with Crippen molar-refractivity contribution in [1.29, 1.82) is 0 Å². The van der Waals surface area contributed by atoms with Crippen LogP contribution in [0.3, 0.4) is 0 Å². The minimum atomic E-state index is 0.212. The molecule has 0 bridgehead atoms. The number of hydrogen-bond acceptors (Lipinski definition) is 2. The molecule has 1 aromatic carbocycles. The summed E-state index contributed by atoms with van der Waals surface area (Å²) in [5.41, 5.74) is 1.91. The molecule has 17 heavy (non-hydrogen) atoms.